The van der Waals surface area contributed by atoms with Gasteiger partial charge in [-0.2, -0.15) is 5.10 Å². The zero-order chi connectivity index (χ0) is 18.0. The van der Waals surface area contributed by atoms with E-state index in [9.17, 15) is 4.79 Å². The van der Waals surface area contributed by atoms with E-state index in [2.05, 4.69) is 41.4 Å². The largest absolute Gasteiger partial charge is 0.350 e. The summed E-state index contributed by atoms with van der Waals surface area (Å²) < 4.78 is 1.61. The van der Waals surface area contributed by atoms with E-state index in [4.69, 9.17) is 5.73 Å². The van der Waals surface area contributed by atoms with Crippen LogP contribution in [0.15, 0.2) is 42.9 Å². The third kappa shape index (κ3) is 3.69. The van der Waals surface area contributed by atoms with Crippen LogP contribution in [0.25, 0.3) is 5.65 Å². The highest BCUT2D eigenvalue weighted by Gasteiger charge is 2.15. The second kappa shape index (κ2) is 7.03. The van der Waals surface area contributed by atoms with Crippen molar-refractivity contribution in [3.8, 4) is 0 Å². The molecule has 0 radical (unpaired) electrons. The standard InChI is InChI=1S/C19H23N5O/c1-12(2)14-4-6-15(7-5-14)17(20)10-22-19(25)16-9-23-24-11-13(3)8-21-18(16)24/h4-9,11-12,17H,10,20H2,1-3H3,(H,22,25)/t17-/m0/s1. The van der Waals surface area contributed by atoms with E-state index < -0.39 is 0 Å². The van der Waals surface area contributed by atoms with Gasteiger partial charge < -0.3 is 11.1 Å². The maximum absolute atomic E-state index is 12.4. The molecule has 0 aliphatic carbocycles. The Morgan fingerprint density at radius 2 is 1.88 bits per heavy atom. The van der Waals surface area contributed by atoms with Gasteiger partial charge in [0.2, 0.25) is 0 Å². The third-order valence-corrected chi connectivity index (χ3v) is 4.24. The number of hydrogen-bond acceptors (Lipinski definition) is 4. The fraction of sp³-hybridized carbons (Fsp3) is 0.316. The van der Waals surface area contributed by atoms with Gasteiger partial charge in [-0.3, -0.25) is 4.79 Å². The zero-order valence-electron chi connectivity index (χ0n) is 14.7. The molecule has 6 nitrogen and oxygen atoms in total. The monoisotopic (exact) mass is 337 g/mol. The Hall–Kier alpha value is -2.73. The first-order valence-electron chi connectivity index (χ1n) is 8.39. The van der Waals surface area contributed by atoms with Crippen LogP contribution in [0.1, 0.15) is 52.9 Å². The van der Waals surface area contributed by atoms with E-state index in [1.165, 1.54) is 11.8 Å². The molecule has 0 aliphatic rings. The predicted molar refractivity (Wildman–Crippen MR) is 97.5 cm³/mol. The first-order valence-corrected chi connectivity index (χ1v) is 8.39. The molecular weight excluding hydrogens is 314 g/mol. The average molecular weight is 337 g/mol. The second-order valence-corrected chi connectivity index (χ2v) is 6.60. The van der Waals surface area contributed by atoms with Gasteiger partial charge in [-0.15, -0.1) is 0 Å². The van der Waals surface area contributed by atoms with E-state index in [1.54, 1.807) is 10.7 Å². The second-order valence-electron chi connectivity index (χ2n) is 6.60. The van der Waals surface area contributed by atoms with Crippen molar-refractivity contribution in [2.75, 3.05) is 6.54 Å². The van der Waals surface area contributed by atoms with Crippen LogP contribution in [0.5, 0.6) is 0 Å². The molecule has 0 fully saturated rings. The lowest BCUT2D eigenvalue weighted by Gasteiger charge is -2.14. The van der Waals surface area contributed by atoms with Crippen molar-refractivity contribution < 1.29 is 4.79 Å². The van der Waals surface area contributed by atoms with Crippen LogP contribution in [0.4, 0.5) is 0 Å². The lowest BCUT2D eigenvalue weighted by atomic mass is 9.99. The molecule has 2 aromatic heterocycles. The summed E-state index contributed by atoms with van der Waals surface area (Å²) in [5.41, 5.74) is 10.4. The number of carbonyl (C=O) groups excluding carboxylic acids is 1. The lowest BCUT2D eigenvalue weighted by Crippen LogP contribution is -2.31. The first-order chi connectivity index (χ1) is 12.0. The molecule has 0 unspecified atom stereocenters. The molecule has 1 aromatic carbocycles. The quantitative estimate of drug-likeness (QED) is 0.749. The Labute approximate surface area is 147 Å². The van der Waals surface area contributed by atoms with Crippen molar-refractivity contribution in [1.29, 1.82) is 0 Å². The van der Waals surface area contributed by atoms with Gasteiger partial charge in [-0.05, 0) is 29.5 Å². The Kier molecular flexibility index (Phi) is 4.81. The Morgan fingerprint density at radius 1 is 1.20 bits per heavy atom. The average Bonchev–Trinajstić information content (AvgIpc) is 3.02. The molecule has 130 valence electrons. The molecule has 1 atom stereocenters. The summed E-state index contributed by atoms with van der Waals surface area (Å²) in [5.74, 6) is 0.261. The molecule has 0 saturated heterocycles. The minimum absolute atomic E-state index is 0.222. The number of hydrogen-bond donors (Lipinski definition) is 2. The Balaban J connectivity index is 1.66. The molecule has 2 heterocycles. The molecule has 0 spiro atoms. The van der Waals surface area contributed by atoms with Crippen LogP contribution in [-0.2, 0) is 0 Å². The summed E-state index contributed by atoms with van der Waals surface area (Å²) in [6.45, 7) is 6.59. The number of amides is 1. The van der Waals surface area contributed by atoms with Gasteiger partial charge >= 0.3 is 0 Å². The van der Waals surface area contributed by atoms with Crippen LogP contribution in [-0.4, -0.2) is 27.0 Å². The summed E-state index contributed by atoms with van der Waals surface area (Å²) in [5, 5.41) is 7.04. The fourth-order valence-corrected chi connectivity index (χ4v) is 2.67. The molecule has 25 heavy (non-hydrogen) atoms. The number of nitrogens with one attached hydrogen (secondary N) is 1. The number of nitrogens with two attached hydrogens (primary N) is 1. The maximum atomic E-state index is 12.4. The normalized spacial score (nSPS) is 12.5. The van der Waals surface area contributed by atoms with Crippen LogP contribution >= 0.6 is 0 Å². The van der Waals surface area contributed by atoms with Gasteiger partial charge in [0, 0.05) is 25.0 Å². The van der Waals surface area contributed by atoms with E-state index >= 15 is 0 Å². The predicted octanol–water partition coefficient (Wildman–Crippen LogP) is 2.59. The highest BCUT2D eigenvalue weighted by Crippen LogP contribution is 2.17. The minimum atomic E-state index is -0.262. The summed E-state index contributed by atoms with van der Waals surface area (Å²) in [7, 11) is 0. The lowest BCUT2D eigenvalue weighted by molar-refractivity contribution is 0.0952. The smallest absolute Gasteiger partial charge is 0.256 e. The van der Waals surface area contributed by atoms with E-state index in [0.29, 0.717) is 23.7 Å². The fourth-order valence-electron chi connectivity index (χ4n) is 2.67. The van der Waals surface area contributed by atoms with E-state index in [0.717, 1.165) is 11.1 Å². The van der Waals surface area contributed by atoms with Crippen LogP contribution in [0.2, 0.25) is 0 Å². The molecule has 0 bridgehead atoms. The SMILES string of the molecule is Cc1cnc2c(C(=O)NC[C@H](N)c3ccc(C(C)C)cc3)cnn2c1. The number of rotatable bonds is 5. The van der Waals surface area contributed by atoms with Crippen molar-refractivity contribution in [1.82, 2.24) is 19.9 Å². The van der Waals surface area contributed by atoms with E-state index in [1.807, 2.05) is 25.3 Å². The van der Waals surface area contributed by atoms with Crippen molar-refractivity contribution in [2.45, 2.75) is 32.7 Å². The van der Waals surface area contributed by atoms with Crippen molar-refractivity contribution in [3.63, 3.8) is 0 Å². The van der Waals surface area contributed by atoms with Gasteiger partial charge in [0.1, 0.15) is 5.56 Å². The number of nitrogens with zero attached hydrogens (tertiary/aromatic N) is 3. The van der Waals surface area contributed by atoms with Gasteiger partial charge in [-0.1, -0.05) is 38.1 Å². The van der Waals surface area contributed by atoms with Gasteiger partial charge in [0.15, 0.2) is 5.65 Å². The molecule has 6 heteroatoms. The Bertz CT molecular complexity index is 882. The summed E-state index contributed by atoms with van der Waals surface area (Å²) in [4.78, 5) is 16.7. The maximum Gasteiger partial charge on any atom is 0.256 e. The summed E-state index contributed by atoms with van der Waals surface area (Å²) in [6.07, 6.45) is 5.08. The molecular formula is C19H23N5O. The van der Waals surface area contributed by atoms with Crippen LogP contribution < -0.4 is 11.1 Å². The molecule has 0 saturated carbocycles. The van der Waals surface area contributed by atoms with Crippen molar-refractivity contribution >= 4 is 11.6 Å². The minimum Gasteiger partial charge on any atom is -0.350 e. The molecule has 3 aromatic rings. The third-order valence-electron chi connectivity index (χ3n) is 4.24. The number of carbonyl (C=O) groups is 1. The van der Waals surface area contributed by atoms with Gasteiger partial charge in [0.25, 0.3) is 5.91 Å². The molecule has 0 aliphatic heterocycles. The summed E-state index contributed by atoms with van der Waals surface area (Å²) >= 11 is 0. The highest BCUT2D eigenvalue weighted by atomic mass is 16.1. The number of aryl methyl sites for hydroxylation is 1. The van der Waals surface area contributed by atoms with Gasteiger partial charge in [-0.25, -0.2) is 9.50 Å². The van der Waals surface area contributed by atoms with Crippen molar-refractivity contribution in [3.05, 3.63) is 65.1 Å². The zero-order valence-corrected chi connectivity index (χ0v) is 14.7. The number of benzene rings is 1. The van der Waals surface area contributed by atoms with Crippen molar-refractivity contribution in [2.24, 2.45) is 5.73 Å². The van der Waals surface area contributed by atoms with Crippen LogP contribution in [0, 0.1) is 6.92 Å². The topological polar surface area (TPSA) is 85.3 Å². The Morgan fingerprint density at radius 3 is 2.56 bits per heavy atom. The highest BCUT2D eigenvalue weighted by molar-refractivity contribution is 5.99. The van der Waals surface area contributed by atoms with E-state index in [-0.39, 0.29) is 11.9 Å². The molecule has 3 N–H and O–H groups in total. The summed E-state index contributed by atoms with van der Waals surface area (Å²) in [6, 6.07) is 7.94. The van der Waals surface area contributed by atoms with Crippen LogP contribution in [0.3, 0.4) is 0 Å². The number of aromatic nitrogens is 3. The number of fused-ring (bicyclic) bond motifs is 1. The molecule has 3 rings (SSSR count). The first kappa shape index (κ1) is 17.1. The van der Waals surface area contributed by atoms with Gasteiger partial charge in [0.05, 0.1) is 6.20 Å². The molecule has 1 amide bonds.